The Morgan fingerprint density at radius 1 is 1.47 bits per heavy atom. The quantitative estimate of drug-likeness (QED) is 0.810. The maximum Gasteiger partial charge on any atom is 0.224 e. The first-order valence-corrected chi connectivity index (χ1v) is 6.47. The first-order chi connectivity index (χ1) is 9.02. The second kappa shape index (κ2) is 5.48. The summed E-state index contributed by atoms with van der Waals surface area (Å²) in [6.07, 6.45) is 1.28. The second-order valence-corrected chi connectivity index (χ2v) is 5.03. The Balaban J connectivity index is 2.31. The van der Waals surface area contributed by atoms with Crippen molar-refractivity contribution in [2.24, 2.45) is 0 Å². The molecule has 1 aromatic rings. The zero-order valence-corrected chi connectivity index (χ0v) is 11.7. The highest BCUT2D eigenvalue weighted by Gasteiger charge is 2.19. The third-order valence-electron chi connectivity index (χ3n) is 3.60. The third kappa shape index (κ3) is 2.81. The topological polar surface area (TPSA) is 67.6 Å². The summed E-state index contributed by atoms with van der Waals surface area (Å²) < 4.78 is 5.16. The highest BCUT2D eigenvalue weighted by Crippen LogP contribution is 2.33. The predicted molar refractivity (Wildman–Crippen MR) is 77.5 cm³/mol. The smallest absolute Gasteiger partial charge is 0.224 e. The van der Waals surface area contributed by atoms with Crippen LogP contribution in [0.25, 0.3) is 0 Å². The van der Waals surface area contributed by atoms with Crippen molar-refractivity contribution < 1.29 is 9.53 Å². The van der Waals surface area contributed by atoms with Crippen LogP contribution in [0.5, 0.6) is 0 Å². The molecule has 3 N–H and O–H groups in total. The van der Waals surface area contributed by atoms with Gasteiger partial charge in [-0.1, -0.05) is 0 Å². The maximum atomic E-state index is 11.5. The van der Waals surface area contributed by atoms with Crippen LogP contribution in [0.3, 0.4) is 0 Å². The van der Waals surface area contributed by atoms with Gasteiger partial charge >= 0.3 is 0 Å². The summed E-state index contributed by atoms with van der Waals surface area (Å²) in [6.45, 7) is 2.69. The number of carbonyl (C=O) groups is 1. The number of likely N-dealkylation sites (N-methyl/N-ethyl adjacent to an activating group) is 1. The fourth-order valence-corrected chi connectivity index (χ4v) is 2.33. The van der Waals surface area contributed by atoms with Crippen molar-refractivity contribution in [3.05, 3.63) is 17.7 Å². The van der Waals surface area contributed by atoms with Gasteiger partial charge in [-0.15, -0.1) is 0 Å². The number of ether oxygens (including phenoxy) is 1. The minimum atomic E-state index is 0.0656. The average Bonchev–Trinajstić information content (AvgIpc) is 2.38. The first-order valence-electron chi connectivity index (χ1n) is 6.47. The number of aryl methyl sites for hydroxylation is 1. The molecule has 1 unspecified atom stereocenters. The number of methoxy groups -OCH3 is 1. The number of fused-ring (bicyclic) bond motifs is 1. The number of hydrogen-bond acceptors (Lipinski definition) is 4. The van der Waals surface area contributed by atoms with Crippen molar-refractivity contribution in [2.45, 2.75) is 25.8 Å². The molecule has 0 aromatic heterocycles. The van der Waals surface area contributed by atoms with Gasteiger partial charge in [0.05, 0.1) is 18.0 Å². The van der Waals surface area contributed by atoms with Crippen LogP contribution in [0, 0.1) is 0 Å². The molecule has 5 nitrogen and oxygen atoms in total. The summed E-state index contributed by atoms with van der Waals surface area (Å²) in [7, 11) is 3.66. The van der Waals surface area contributed by atoms with E-state index in [4.69, 9.17) is 10.5 Å². The number of nitrogens with two attached hydrogens (primary N) is 1. The van der Waals surface area contributed by atoms with E-state index >= 15 is 0 Å². The largest absolute Gasteiger partial charge is 0.397 e. The van der Waals surface area contributed by atoms with Crippen LogP contribution in [-0.4, -0.2) is 32.7 Å². The normalized spacial score (nSPS) is 15.6. The Kier molecular flexibility index (Phi) is 3.95. The molecule has 1 aliphatic rings. The standard InChI is InChI=1S/C14H21N3O2/c1-9(8-19-3)17(2)13-7-12-10(6-11(13)15)4-5-14(18)16-12/h6-7,9H,4-5,8,15H2,1-3H3,(H,16,18). The highest BCUT2D eigenvalue weighted by molar-refractivity contribution is 5.95. The minimum Gasteiger partial charge on any atom is -0.397 e. The van der Waals surface area contributed by atoms with E-state index in [2.05, 4.69) is 17.1 Å². The number of nitrogens with one attached hydrogen (secondary N) is 1. The van der Waals surface area contributed by atoms with Crippen molar-refractivity contribution in [1.29, 1.82) is 0 Å². The van der Waals surface area contributed by atoms with Gasteiger partial charge in [0.15, 0.2) is 0 Å². The van der Waals surface area contributed by atoms with Crippen LogP contribution >= 0.6 is 0 Å². The lowest BCUT2D eigenvalue weighted by molar-refractivity contribution is -0.116. The van der Waals surface area contributed by atoms with E-state index in [1.807, 2.05) is 19.2 Å². The van der Waals surface area contributed by atoms with Gasteiger partial charge < -0.3 is 20.7 Å². The molecule has 0 radical (unpaired) electrons. The Bertz CT molecular complexity index is 488. The lowest BCUT2D eigenvalue weighted by Gasteiger charge is -2.29. The number of benzene rings is 1. The van der Waals surface area contributed by atoms with Crippen molar-refractivity contribution in [1.82, 2.24) is 0 Å². The molecule has 0 aliphatic carbocycles. The second-order valence-electron chi connectivity index (χ2n) is 5.03. The van der Waals surface area contributed by atoms with Crippen LogP contribution in [0.2, 0.25) is 0 Å². The Morgan fingerprint density at radius 2 is 2.21 bits per heavy atom. The molecule has 2 rings (SSSR count). The molecular formula is C14H21N3O2. The average molecular weight is 263 g/mol. The molecule has 0 saturated carbocycles. The number of anilines is 3. The number of hydrogen-bond donors (Lipinski definition) is 2. The van der Waals surface area contributed by atoms with Crippen LogP contribution in [0.1, 0.15) is 18.9 Å². The van der Waals surface area contributed by atoms with E-state index < -0.39 is 0 Å². The SMILES string of the molecule is COCC(C)N(C)c1cc2c(cc1N)CCC(=O)N2. The number of rotatable bonds is 4. The Hall–Kier alpha value is -1.75. The summed E-state index contributed by atoms with van der Waals surface area (Å²) in [5, 5.41) is 2.90. The molecule has 1 amide bonds. The fourth-order valence-electron chi connectivity index (χ4n) is 2.33. The predicted octanol–water partition coefficient (Wildman–Crippen LogP) is 1.62. The molecule has 0 bridgehead atoms. The minimum absolute atomic E-state index is 0.0656. The van der Waals surface area contributed by atoms with E-state index in [9.17, 15) is 4.79 Å². The number of nitrogen functional groups attached to an aromatic ring is 1. The van der Waals surface area contributed by atoms with E-state index in [0.717, 1.165) is 29.0 Å². The van der Waals surface area contributed by atoms with Crippen LogP contribution in [-0.2, 0) is 16.0 Å². The van der Waals surface area contributed by atoms with Gasteiger partial charge in [0.25, 0.3) is 0 Å². The van der Waals surface area contributed by atoms with E-state index in [0.29, 0.717) is 13.0 Å². The fraction of sp³-hybridized carbons (Fsp3) is 0.500. The highest BCUT2D eigenvalue weighted by atomic mass is 16.5. The first kappa shape index (κ1) is 13.7. The monoisotopic (exact) mass is 263 g/mol. The zero-order valence-electron chi connectivity index (χ0n) is 11.7. The number of carbonyl (C=O) groups excluding carboxylic acids is 1. The Morgan fingerprint density at radius 3 is 2.89 bits per heavy atom. The van der Waals surface area contributed by atoms with Crippen molar-refractivity contribution in [3.63, 3.8) is 0 Å². The van der Waals surface area contributed by atoms with Gasteiger partial charge in [0, 0.05) is 32.3 Å². The van der Waals surface area contributed by atoms with Gasteiger partial charge in [-0.25, -0.2) is 0 Å². The molecule has 0 fully saturated rings. The number of nitrogens with zero attached hydrogens (tertiary/aromatic N) is 1. The van der Waals surface area contributed by atoms with Gasteiger partial charge in [0.1, 0.15) is 0 Å². The van der Waals surface area contributed by atoms with E-state index in [1.54, 1.807) is 7.11 Å². The Labute approximate surface area is 113 Å². The third-order valence-corrected chi connectivity index (χ3v) is 3.60. The zero-order chi connectivity index (χ0) is 14.0. The molecule has 1 heterocycles. The van der Waals surface area contributed by atoms with Gasteiger partial charge in [-0.3, -0.25) is 4.79 Å². The maximum absolute atomic E-state index is 11.5. The molecule has 0 saturated heterocycles. The molecule has 1 aromatic carbocycles. The molecular weight excluding hydrogens is 242 g/mol. The van der Waals surface area contributed by atoms with Crippen LogP contribution < -0.4 is 16.0 Å². The lowest BCUT2D eigenvalue weighted by atomic mass is 10.0. The lowest BCUT2D eigenvalue weighted by Crippen LogP contribution is -2.33. The van der Waals surface area contributed by atoms with Crippen molar-refractivity contribution >= 4 is 23.0 Å². The molecule has 1 aliphatic heterocycles. The molecule has 5 heteroatoms. The van der Waals surface area contributed by atoms with Crippen molar-refractivity contribution in [2.75, 3.05) is 36.7 Å². The summed E-state index contributed by atoms with van der Waals surface area (Å²) in [6, 6.07) is 4.12. The van der Waals surface area contributed by atoms with Crippen LogP contribution in [0.4, 0.5) is 17.1 Å². The summed E-state index contributed by atoms with van der Waals surface area (Å²) >= 11 is 0. The van der Waals surface area contributed by atoms with Gasteiger partial charge in [-0.2, -0.15) is 0 Å². The molecule has 0 spiro atoms. The molecule has 104 valence electrons. The van der Waals surface area contributed by atoms with E-state index in [-0.39, 0.29) is 11.9 Å². The van der Waals surface area contributed by atoms with Gasteiger partial charge in [-0.05, 0) is 31.0 Å². The summed E-state index contributed by atoms with van der Waals surface area (Å²) in [5.41, 5.74) is 9.75. The molecule has 1 atom stereocenters. The molecule has 19 heavy (non-hydrogen) atoms. The summed E-state index contributed by atoms with van der Waals surface area (Å²) in [5.74, 6) is 0.0656. The number of amides is 1. The summed E-state index contributed by atoms with van der Waals surface area (Å²) in [4.78, 5) is 13.5. The van der Waals surface area contributed by atoms with Crippen LogP contribution in [0.15, 0.2) is 12.1 Å². The van der Waals surface area contributed by atoms with Crippen molar-refractivity contribution in [3.8, 4) is 0 Å². The van der Waals surface area contributed by atoms with E-state index in [1.165, 1.54) is 0 Å². The van der Waals surface area contributed by atoms with Gasteiger partial charge in [0.2, 0.25) is 5.91 Å².